The summed E-state index contributed by atoms with van der Waals surface area (Å²) in [6.45, 7) is 17.4. The van der Waals surface area contributed by atoms with E-state index in [1.807, 2.05) is 0 Å². The minimum absolute atomic E-state index is 0.0298. The maximum atomic E-state index is 12.9. The van der Waals surface area contributed by atoms with Gasteiger partial charge in [0.05, 0.1) is 0 Å². The summed E-state index contributed by atoms with van der Waals surface area (Å²) < 4.78 is 12.9. The Kier molecular flexibility index (Phi) is 4.00. The van der Waals surface area contributed by atoms with Crippen molar-refractivity contribution >= 4 is 12.7 Å². The Morgan fingerprint density at radius 1 is 1.05 bits per heavy atom. The van der Waals surface area contributed by atoms with E-state index in [2.05, 4.69) is 67.5 Å². The summed E-state index contributed by atoms with van der Waals surface area (Å²) in [5.74, 6) is 0. The normalized spacial score (nSPS) is 25.0. The molecule has 0 bridgehead atoms. The zero-order valence-electron chi connectivity index (χ0n) is 15.4. The van der Waals surface area contributed by atoms with E-state index in [9.17, 15) is 9.46 Å². The fraction of sp³-hybridized carbons (Fsp3) is 0.684. The molecule has 0 radical (unpaired) electrons. The molecule has 1 aromatic carbocycles. The number of hydrogen-bond acceptors (Lipinski definition) is 1. The first-order valence-corrected chi connectivity index (χ1v) is 10.0. The molecular formula is C19H31O2P. The van der Waals surface area contributed by atoms with Crippen molar-refractivity contribution in [2.75, 3.05) is 6.16 Å². The fourth-order valence-corrected chi connectivity index (χ4v) is 5.81. The van der Waals surface area contributed by atoms with Crippen LogP contribution < -0.4 is 5.30 Å². The molecule has 0 saturated carbocycles. The molecule has 3 heteroatoms. The SMILES string of the molecule is CC(C)(C)c1cc(C(C)(C)C)c2c(c1)C(C)(C)CCP2(=O)O. The Morgan fingerprint density at radius 3 is 2.05 bits per heavy atom. The van der Waals surface area contributed by atoms with E-state index >= 15 is 0 Å². The van der Waals surface area contributed by atoms with Crippen LogP contribution in [0.25, 0.3) is 0 Å². The average Bonchev–Trinajstić information content (AvgIpc) is 2.31. The predicted octanol–water partition coefficient (Wildman–Crippen LogP) is 4.86. The standard InChI is InChI=1S/C19H31O2P/c1-17(2,3)13-11-14(18(4,5)6)16-15(12-13)19(7,8)9-10-22(16,20)21/h11-12H,9-10H2,1-8H3,(H,20,21). The van der Waals surface area contributed by atoms with E-state index in [4.69, 9.17) is 0 Å². The lowest BCUT2D eigenvalue weighted by atomic mass is 9.74. The fourth-order valence-electron chi connectivity index (χ4n) is 3.21. The minimum atomic E-state index is -3.26. The Morgan fingerprint density at radius 2 is 1.59 bits per heavy atom. The van der Waals surface area contributed by atoms with E-state index in [-0.39, 0.29) is 16.2 Å². The second-order valence-electron chi connectivity index (χ2n) is 9.48. The van der Waals surface area contributed by atoms with Crippen LogP contribution in [-0.4, -0.2) is 11.1 Å². The van der Waals surface area contributed by atoms with Gasteiger partial charge >= 0.3 is 0 Å². The first-order chi connectivity index (χ1) is 9.66. The molecule has 0 saturated heterocycles. The summed E-state index contributed by atoms with van der Waals surface area (Å²) in [5.41, 5.74) is 3.23. The second-order valence-corrected chi connectivity index (χ2v) is 11.8. The minimum Gasteiger partial charge on any atom is -0.341 e. The van der Waals surface area contributed by atoms with Crippen LogP contribution >= 0.6 is 7.37 Å². The van der Waals surface area contributed by atoms with Gasteiger partial charge in [-0.15, -0.1) is 0 Å². The van der Waals surface area contributed by atoms with Gasteiger partial charge in [0.1, 0.15) is 0 Å². The van der Waals surface area contributed by atoms with Crippen molar-refractivity contribution < 1.29 is 9.46 Å². The monoisotopic (exact) mass is 322 g/mol. The molecule has 0 aromatic heterocycles. The molecular weight excluding hydrogens is 291 g/mol. The summed E-state index contributed by atoms with van der Waals surface area (Å²) >= 11 is 0. The maximum Gasteiger partial charge on any atom is 0.230 e. The van der Waals surface area contributed by atoms with Gasteiger partial charge in [0, 0.05) is 11.5 Å². The third-order valence-corrected chi connectivity index (χ3v) is 6.91. The molecule has 1 aliphatic heterocycles. The van der Waals surface area contributed by atoms with Gasteiger partial charge in [-0.2, -0.15) is 0 Å². The summed E-state index contributed by atoms with van der Waals surface area (Å²) in [6.07, 6.45) is 1.16. The maximum absolute atomic E-state index is 12.9. The van der Waals surface area contributed by atoms with Gasteiger partial charge in [0.25, 0.3) is 0 Å². The van der Waals surface area contributed by atoms with E-state index in [1.54, 1.807) is 0 Å². The van der Waals surface area contributed by atoms with Crippen LogP contribution in [0, 0.1) is 0 Å². The lowest BCUT2D eigenvalue weighted by molar-refractivity contribution is 0.444. The summed E-state index contributed by atoms with van der Waals surface area (Å²) in [4.78, 5) is 10.7. The third-order valence-electron chi connectivity index (χ3n) is 4.90. The van der Waals surface area contributed by atoms with Crippen molar-refractivity contribution in [3.05, 3.63) is 28.8 Å². The van der Waals surface area contributed by atoms with Crippen LogP contribution in [0.5, 0.6) is 0 Å². The first kappa shape index (κ1) is 17.8. The lowest BCUT2D eigenvalue weighted by Gasteiger charge is -2.40. The van der Waals surface area contributed by atoms with Gasteiger partial charge in [-0.25, -0.2) is 0 Å². The lowest BCUT2D eigenvalue weighted by Crippen LogP contribution is -2.38. The largest absolute Gasteiger partial charge is 0.341 e. The van der Waals surface area contributed by atoms with Gasteiger partial charge in [0.2, 0.25) is 7.37 Å². The van der Waals surface area contributed by atoms with Crippen LogP contribution in [-0.2, 0) is 20.8 Å². The molecule has 2 rings (SSSR count). The number of hydrogen-bond donors (Lipinski definition) is 1. The molecule has 1 unspecified atom stereocenters. The topological polar surface area (TPSA) is 37.3 Å². The van der Waals surface area contributed by atoms with Crippen LogP contribution in [0.4, 0.5) is 0 Å². The van der Waals surface area contributed by atoms with Gasteiger partial charge < -0.3 is 4.89 Å². The molecule has 1 N–H and O–H groups in total. The molecule has 1 heterocycles. The van der Waals surface area contributed by atoms with Gasteiger partial charge in [-0.05, 0) is 39.4 Å². The number of benzene rings is 1. The summed E-state index contributed by atoms with van der Waals surface area (Å²) in [6, 6.07) is 4.36. The molecule has 0 fully saturated rings. The van der Waals surface area contributed by atoms with E-state index in [0.717, 1.165) is 22.9 Å². The Labute approximate surface area is 135 Å². The van der Waals surface area contributed by atoms with E-state index in [0.29, 0.717) is 6.16 Å². The first-order valence-electron chi connectivity index (χ1n) is 8.18. The zero-order valence-corrected chi connectivity index (χ0v) is 16.3. The predicted molar refractivity (Wildman–Crippen MR) is 95.8 cm³/mol. The van der Waals surface area contributed by atoms with E-state index in [1.165, 1.54) is 5.56 Å². The second kappa shape index (κ2) is 4.95. The van der Waals surface area contributed by atoms with Crippen molar-refractivity contribution in [2.45, 2.75) is 78.1 Å². The van der Waals surface area contributed by atoms with Crippen molar-refractivity contribution in [1.29, 1.82) is 0 Å². The van der Waals surface area contributed by atoms with Crippen molar-refractivity contribution in [1.82, 2.24) is 0 Å². The Hall–Kier alpha value is -0.590. The van der Waals surface area contributed by atoms with Gasteiger partial charge in [-0.1, -0.05) is 67.5 Å². The molecule has 1 aliphatic rings. The van der Waals surface area contributed by atoms with Crippen molar-refractivity contribution in [2.24, 2.45) is 0 Å². The molecule has 0 amide bonds. The molecule has 22 heavy (non-hydrogen) atoms. The Bertz CT molecular complexity index is 625. The molecule has 124 valence electrons. The summed E-state index contributed by atoms with van der Waals surface area (Å²) in [5, 5.41) is 0.740. The average molecular weight is 322 g/mol. The molecule has 0 aliphatic carbocycles. The molecule has 0 spiro atoms. The number of rotatable bonds is 0. The highest BCUT2D eigenvalue weighted by atomic mass is 31.2. The molecule has 1 atom stereocenters. The number of fused-ring (bicyclic) bond motifs is 1. The van der Waals surface area contributed by atoms with E-state index < -0.39 is 7.37 Å². The van der Waals surface area contributed by atoms with Crippen LogP contribution in [0.3, 0.4) is 0 Å². The third kappa shape index (κ3) is 3.05. The highest BCUT2D eigenvalue weighted by molar-refractivity contribution is 7.66. The highest BCUT2D eigenvalue weighted by Crippen LogP contribution is 2.53. The Balaban J connectivity index is 2.93. The molecule has 1 aromatic rings. The van der Waals surface area contributed by atoms with Crippen LogP contribution in [0.15, 0.2) is 12.1 Å². The zero-order chi connectivity index (χ0) is 17.1. The van der Waals surface area contributed by atoms with Crippen molar-refractivity contribution in [3.8, 4) is 0 Å². The highest BCUT2D eigenvalue weighted by Gasteiger charge is 2.42. The molecule has 2 nitrogen and oxygen atoms in total. The van der Waals surface area contributed by atoms with Gasteiger partial charge in [0.15, 0.2) is 0 Å². The van der Waals surface area contributed by atoms with Crippen LogP contribution in [0.1, 0.15) is 78.5 Å². The summed E-state index contributed by atoms with van der Waals surface area (Å²) in [7, 11) is -3.26. The smallest absolute Gasteiger partial charge is 0.230 e. The van der Waals surface area contributed by atoms with Crippen LogP contribution in [0.2, 0.25) is 0 Å². The quantitative estimate of drug-likeness (QED) is 0.693. The van der Waals surface area contributed by atoms with Crippen molar-refractivity contribution in [3.63, 3.8) is 0 Å². The van der Waals surface area contributed by atoms with Gasteiger partial charge in [-0.3, -0.25) is 4.57 Å².